The molecular weight excluding hydrogens is 350 g/mol. The first-order valence-electron chi connectivity index (χ1n) is 11.0. The Balaban J connectivity index is 1.51. The number of rotatable bonds is 8. The lowest BCUT2D eigenvalue weighted by molar-refractivity contribution is 0.0377. The number of benzene rings is 1. The van der Waals surface area contributed by atoms with Crippen LogP contribution in [0.25, 0.3) is 0 Å². The Morgan fingerprint density at radius 3 is 2.71 bits per heavy atom. The van der Waals surface area contributed by atoms with E-state index < -0.39 is 0 Å². The largest absolute Gasteiger partial charge is 0.379 e. The number of morpholine rings is 1. The van der Waals surface area contributed by atoms with E-state index in [1.54, 1.807) is 0 Å². The summed E-state index contributed by atoms with van der Waals surface area (Å²) >= 11 is 0. The zero-order valence-corrected chi connectivity index (χ0v) is 17.6. The lowest BCUT2D eigenvalue weighted by Gasteiger charge is -2.26. The minimum absolute atomic E-state index is 0.222. The van der Waals surface area contributed by atoms with E-state index >= 15 is 0 Å². The average molecular weight is 388 g/mol. The van der Waals surface area contributed by atoms with E-state index in [2.05, 4.69) is 58.5 Å². The molecule has 0 radical (unpaired) electrons. The summed E-state index contributed by atoms with van der Waals surface area (Å²) in [5.74, 6) is 0.906. The van der Waals surface area contributed by atoms with Crippen LogP contribution in [-0.2, 0) is 4.74 Å². The van der Waals surface area contributed by atoms with Crippen molar-refractivity contribution in [2.45, 2.75) is 39.2 Å². The molecule has 0 aliphatic carbocycles. The zero-order valence-electron chi connectivity index (χ0n) is 17.6. The van der Waals surface area contributed by atoms with Gasteiger partial charge >= 0.3 is 0 Å². The van der Waals surface area contributed by atoms with Crippen LogP contribution in [0.5, 0.6) is 0 Å². The highest BCUT2D eigenvalue weighted by molar-refractivity contribution is 5.80. The fourth-order valence-corrected chi connectivity index (χ4v) is 3.88. The lowest BCUT2D eigenvalue weighted by Crippen LogP contribution is -2.39. The van der Waals surface area contributed by atoms with Gasteiger partial charge in [-0.25, -0.2) is 0 Å². The first kappa shape index (κ1) is 20.9. The third kappa shape index (κ3) is 6.38. The van der Waals surface area contributed by atoms with Crippen molar-refractivity contribution in [2.75, 3.05) is 63.9 Å². The molecule has 0 bridgehead atoms. The maximum atomic E-state index is 5.41. The molecule has 28 heavy (non-hydrogen) atoms. The summed E-state index contributed by atoms with van der Waals surface area (Å²) in [6.45, 7) is 13.3. The summed E-state index contributed by atoms with van der Waals surface area (Å²) in [6, 6.07) is 9.16. The van der Waals surface area contributed by atoms with Crippen molar-refractivity contribution in [1.82, 2.24) is 15.5 Å². The first-order valence-corrected chi connectivity index (χ1v) is 11.0. The Kier molecular flexibility index (Phi) is 8.42. The molecule has 2 N–H and O–H groups in total. The molecule has 6 nitrogen and oxygen atoms in total. The number of aliphatic imine (C=N–C) groups is 1. The Labute approximate surface area is 170 Å². The highest BCUT2D eigenvalue weighted by atomic mass is 16.5. The van der Waals surface area contributed by atoms with Crippen molar-refractivity contribution in [2.24, 2.45) is 4.99 Å². The molecule has 1 atom stereocenters. The highest BCUT2D eigenvalue weighted by Crippen LogP contribution is 2.23. The van der Waals surface area contributed by atoms with Crippen LogP contribution in [-0.4, -0.2) is 69.9 Å². The third-order valence-corrected chi connectivity index (χ3v) is 5.54. The summed E-state index contributed by atoms with van der Waals surface area (Å²) in [6.07, 6.45) is 3.69. The van der Waals surface area contributed by atoms with Gasteiger partial charge in [-0.1, -0.05) is 12.1 Å². The smallest absolute Gasteiger partial charge is 0.191 e. The normalized spacial score (nSPS) is 19.6. The van der Waals surface area contributed by atoms with Crippen molar-refractivity contribution >= 4 is 11.6 Å². The van der Waals surface area contributed by atoms with Gasteiger partial charge in [0.05, 0.1) is 19.3 Å². The number of guanidine groups is 1. The molecule has 0 saturated carbocycles. The van der Waals surface area contributed by atoms with E-state index in [0.29, 0.717) is 0 Å². The molecule has 1 aromatic rings. The lowest BCUT2D eigenvalue weighted by atomic mass is 10.1. The fraction of sp³-hybridized carbons (Fsp3) is 0.682. The second-order valence-corrected chi connectivity index (χ2v) is 7.72. The summed E-state index contributed by atoms with van der Waals surface area (Å²) in [7, 11) is 0. The first-order chi connectivity index (χ1) is 13.8. The molecule has 0 spiro atoms. The molecule has 6 heteroatoms. The quantitative estimate of drug-likeness (QED) is 0.408. The van der Waals surface area contributed by atoms with Gasteiger partial charge in [0, 0.05) is 51.5 Å². The predicted octanol–water partition coefficient (Wildman–Crippen LogP) is 2.63. The molecule has 1 unspecified atom stereocenters. The monoisotopic (exact) mass is 387 g/mol. The zero-order chi connectivity index (χ0) is 19.6. The van der Waals surface area contributed by atoms with Gasteiger partial charge in [0.25, 0.3) is 0 Å². The summed E-state index contributed by atoms with van der Waals surface area (Å²) < 4.78 is 5.41. The van der Waals surface area contributed by atoms with Crippen LogP contribution in [0.15, 0.2) is 29.3 Å². The Hall–Kier alpha value is -1.79. The van der Waals surface area contributed by atoms with Crippen LogP contribution in [0, 0.1) is 0 Å². The van der Waals surface area contributed by atoms with E-state index in [-0.39, 0.29) is 6.04 Å². The van der Waals surface area contributed by atoms with Gasteiger partial charge in [-0.05, 0) is 50.8 Å². The molecule has 2 aliphatic rings. The van der Waals surface area contributed by atoms with E-state index in [1.807, 2.05) is 0 Å². The van der Waals surface area contributed by atoms with Gasteiger partial charge in [-0.2, -0.15) is 0 Å². The molecule has 0 amide bonds. The summed E-state index contributed by atoms with van der Waals surface area (Å²) in [5, 5.41) is 6.96. The Morgan fingerprint density at radius 2 is 1.96 bits per heavy atom. The molecule has 1 aromatic carbocycles. The highest BCUT2D eigenvalue weighted by Gasteiger charge is 2.14. The van der Waals surface area contributed by atoms with E-state index in [9.17, 15) is 0 Å². The van der Waals surface area contributed by atoms with Crippen molar-refractivity contribution < 1.29 is 4.74 Å². The van der Waals surface area contributed by atoms with Crippen molar-refractivity contribution in [3.05, 3.63) is 29.8 Å². The summed E-state index contributed by atoms with van der Waals surface area (Å²) in [4.78, 5) is 9.74. The van der Waals surface area contributed by atoms with Crippen LogP contribution >= 0.6 is 0 Å². The van der Waals surface area contributed by atoms with Crippen molar-refractivity contribution in [1.29, 1.82) is 0 Å². The topological polar surface area (TPSA) is 52.1 Å². The van der Waals surface area contributed by atoms with Crippen LogP contribution in [0.1, 0.15) is 44.7 Å². The molecule has 2 fully saturated rings. The minimum atomic E-state index is 0.222. The van der Waals surface area contributed by atoms with Gasteiger partial charge in [-0.15, -0.1) is 0 Å². The molecule has 3 rings (SSSR count). The fourth-order valence-electron chi connectivity index (χ4n) is 3.88. The minimum Gasteiger partial charge on any atom is -0.379 e. The molecule has 2 saturated heterocycles. The number of anilines is 1. The second kappa shape index (κ2) is 11.3. The van der Waals surface area contributed by atoms with Crippen LogP contribution in [0.3, 0.4) is 0 Å². The standard InChI is InChI=1S/C22H37N5O/c1-3-23-22(24-10-7-11-26-14-16-28-17-15-26)25-19(2)20-8-6-9-21(18-20)27-12-4-5-13-27/h6,8-9,18-19H,3-5,7,10-17H2,1-2H3,(H2,23,24,25). The summed E-state index contributed by atoms with van der Waals surface area (Å²) in [5.41, 5.74) is 2.65. The number of hydrogen-bond donors (Lipinski definition) is 2. The number of ether oxygens (including phenoxy) is 1. The predicted molar refractivity (Wildman–Crippen MR) is 117 cm³/mol. The molecule has 2 heterocycles. The van der Waals surface area contributed by atoms with E-state index in [1.165, 1.54) is 37.2 Å². The van der Waals surface area contributed by atoms with Gasteiger partial charge in [0.15, 0.2) is 5.96 Å². The van der Waals surface area contributed by atoms with Crippen molar-refractivity contribution in [3.63, 3.8) is 0 Å². The van der Waals surface area contributed by atoms with Crippen LogP contribution in [0.4, 0.5) is 5.69 Å². The van der Waals surface area contributed by atoms with Crippen LogP contribution in [0.2, 0.25) is 0 Å². The number of nitrogens with zero attached hydrogens (tertiary/aromatic N) is 3. The molecule has 2 aliphatic heterocycles. The van der Waals surface area contributed by atoms with Gasteiger partial charge in [0.1, 0.15) is 0 Å². The number of hydrogen-bond acceptors (Lipinski definition) is 4. The second-order valence-electron chi connectivity index (χ2n) is 7.72. The Morgan fingerprint density at radius 1 is 1.18 bits per heavy atom. The van der Waals surface area contributed by atoms with Crippen molar-refractivity contribution in [3.8, 4) is 0 Å². The van der Waals surface area contributed by atoms with Gasteiger partial charge in [-0.3, -0.25) is 9.89 Å². The van der Waals surface area contributed by atoms with E-state index in [0.717, 1.165) is 58.3 Å². The molecule has 0 aromatic heterocycles. The number of nitrogens with one attached hydrogen (secondary N) is 2. The molecule has 156 valence electrons. The maximum absolute atomic E-state index is 5.41. The molecular formula is C22H37N5O. The van der Waals surface area contributed by atoms with Gasteiger partial charge in [0.2, 0.25) is 0 Å². The van der Waals surface area contributed by atoms with Crippen LogP contribution < -0.4 is 15.5 Å². The third-order valence-electron chi connectivity index (χ3n) is 5.54. The van der Waals surface area contributed by atoms with E-state index in [4.69, 9.17) is 9.73 Å². The maximum Gasteiger partial charge on any atom is 0.191 e. The van der Waals surface area contributed by atoms with Gasteiger partial charge < -0.3 is 20.3 Å². The SMILES string of the molecule is CCNC(=NCCCN1CCOCC1)NC(C)c1cccc(N2CCCC2)c1. The average Bonchev–Trinajstić information content (AvgIpc) is 3.27. The Bertz CT molecular complexity index is 609.